The number of hydrogen-bond donors (Lipinski definition) is 0. The summed E-state index contributed by atoms with van der Waals surface area (Å²) in [7, 11) is -7.17. The van der Waals surface area contributed by atoms with E-state index >= 15 is 0 Å². The van der Waals surface area contributed by atoms with Gasteiger partial charge in [-0.2, -0.15) is 4.31 Å². The Bertz CT molecular complexity index is 1240. The van der Waals surface area contributed by atoms with Gasteiger partial charge in [-0.3, -0.25) is 4.79 Å². The number of nitrogens with zero attached hydrogens (tertiary/aromatic N) is 2. The van der Waals surface area contributed by atoms with Crippen molar-refractivity contribution in [3.8, 4) is 0 Å². The van der Waals surface area contributed by atoms with E-state index in [1.165, 1.54) is 63.8 Å². The van der Waals surface area contributed by atoms with E-state index in [4.69, 9.17) is 4.74 Å². The topological polar surface area (TPSA) is 101 Å². The molecule has 0 radical (unpaired) electrons. The van der Waals surface area contributed by atoms with Crippen LogP contribution in [0.2, 0.25) is 0 Å². The predicted molar refractivity (Wildman–Crippen MR) is 116 cm³/mol. The fourth-order valence-electron chi connectivity index (χ4n) is 3.63. The summed E-state index contributed by atoms with van der Waals surface area (Å²) in [6.45, 7) is 1.15. The van der Waals surface area contributed by atoms with Crippen LogP contribution in [0.3, 0.4) is 0 Å². The molecule has 32 heavy (non-hydrogen) atoms. The van der Waals surface area contributed by atoms with Crippen LogP contribution >= 0.6 is 0 Å². The molecule has 0 aromatic heterocycles. The summed E-state index contributed by atoms with van der Waals surface area (Å²) in [5, 5.41) is 1.06. The van der Waals surface area contributed by atoms with E-state index in [0.717, 1.165) is 5.41 Å². The van der Waals surface area contributed by atoms with E-state index in [9.17, 15) is 26.0 Å². The number of anilines is 1. The number of rotatable bonds is 5. The van der Waals surface area contributed by atoms with E-state index in [2.05, 4.69) is 0 Å². The second-order valence-electron chi connectivity index (χ2n) is 7.42. The highest BCUT2D eigenvalue weighted by molar-refractivity contribution is 7.94. The number of carbonyl (C=O) groups excluding carboxylic acids is 1. The molecule has 1 fully saturated rings. The van der Waals surface area contributed by atoms with Gasteiger partial charge in [0, 0.05) is 29.7 Å². The fraction of sp³-hybridized carbons (Fsp3) is 0.286. The van der Waals surface area contributed by atoms with Crippen LogP contribution in [0.15, 0.2) is 64.9 Å². The van der Waals surface area contributed by atoms with Crippen LogP contribution in [0.25, 0.3) is 0 Å². The molecule has 170 valence electrons. The highest BCUT2D eigenvalue weighted by Gasteiger charge is 2.32. The maximum atomic E-state index is 13.4. The number of sulfone groups is 1. The molecule has 0 aliphatic carbocycles. The molecule has 0 spiro atoms. The van der Waals surface area contributed by atoms with Crippen molar-refractivity contribution < 1.29 is 30.8 Å². The summed E-state index contributed by atoms with van der Waals surface area (Å²) in [4.78, 5) is 14.6. The summed E-state index contributed by atoms with van der Waals surface area (Å²) in [6.07, 6.45) is 1.41. The number of morpholine rings is 1. The zero-order valence-electron chi connectivity index (χ0n) is 16.9. The minimum Gasteiger partial charge on any atom is -0.379 e. The first-order valence-electron chi connectivity index (χ1n) is 9.85. The van der Waals surface area contributed by atoms with E-state index in [-0.39, 0.29) is 29.3 Å². The molecule has 2 aromatic carbocycles. The molecule has 2 aliphatic rings. The lowest BCUT2D eigenvalue weighted by Gasteiger charge is -2.28. The van der Waals surface area contributed by atoms with Gasteiger partial charge >= 0.3 is 0 Å². The summed E-state index contributed by atoms with van der Waals surface area (Å²) in [5.74, 6) is -1.31. The monoisotopic (exact) mass is 480 g/mol. The number of hydrogen-bond acceptors (Lipinski definition) is 6. The SMILES string of the molecule is O=C(c1ccc(S(=O)(=O)N2CCOCC2)cc1)N(c1ccc(F)cc1)C1C=CS(=O)(=O)C1. The number of carbonyl (C=O) groups is 1. The van der Waals surface area contributed by atoms with Gasteiger partial charge in [0.25, 0.3) is 5.91 Å². The van der Waals surface area contributed by atoms with Crippen molar-refractivity contribution in [3.63, 3.8) is 0 Å². The molecule has 2 aromatic rings. The third-order valence-electron chi connectivity index (χ3n) is 5.28. The Kier molecular flexibility index (Phi) is 6.17. The average Bonchev–Trinajstić information content (AvgIpc) is 3.15. The minimum atomic E-state index is -3.72. The Labute approximate surface area is 185 Å². The minimum absolute atomic E-state index is 0.0487. The Morgan fingerprint density at radius 1 is 1.03 bits per heavy atom. The van der Waals surface area contributed by atoms with Gasteiger partial charge in [0.05, 0.1) is 29.9 Å². The van der Waals surface area contributed by atoms with Crippen molar-refractivity contribution in [2.24, 2.45) is 0 Å². The Morgan fingerprint density at radius 3 is 2.22 bits per heavy atom. The first-order valence-corrected chi connectivity index (χ1v) is 13.0. The van der Waals surface area contributed by atoms with Crippen molar-refractivity contribution in [1.29, 1.82) is 0 Å². The second kappa shape index (κ2) is 8.74. The van der Waals surface area contributed by atoms with E-state index < -0.39 is 37.6 Å². The standard InChI is InChI=1S/C21H21FN2O6S2/c22-17-3-5-18(6-4-17)24(19-9-14-31(26,27)15-19)21(25)16-1-7-20(8-2-16)32(28,29)23-10-12-30-13-11-23/h1-9,14,19H,10-13,15H2. The van der Waals surface area contributed by atoms with Gasteiger partial charge in [-0.15, -0.1) is 0 Å². The van der Waals surface area contributed by atoms with Crippen LogP contribution in [-0.4, -0.2) is 65.1 Å². The first-order chi connectivity index (χ1) is 15.2. The summed E-state index contributed by atoms with van der Waals surface area (Å²) < 4.78 is 69.4. The summed E-state index contributed by atoms with van der Waals surface area (Å²) in [6, 6.07) is 9.85. The quantitative estimate of drug-likeness (QED) is 0.647. The van der Waals surface area contributed by atoms with Crippen LogP contribution < -0.4 is 4.90 Å². The van der Waals surface area contributed by atoms with Gasteiger partial charge in [-0.1, -0.05) is 0 Å². The van der Waals surface area contributed by atoms with Gasteiger partial charge in [0.15, 0.2) is 9.84 Å². The lowest BCUT2D eigenvalue weighted by atomic mass is 10.1. The molecule has 1 atom stereocenters. The molecule has 11 heteroatoms. The molecule has 1 amide bonds. The maximum absolute atomic E-state index is 13.4. The van der Waals surface area contributed by atoms with Crippen LogP contribution in [0, 0.1) is 5.82 Å². The molecule has 1 unspecified atom stereocenters. The number of amides is 1. The van der Waals surface area contributed by atoms with Crippen molar-refractivity contribution >= 4 is 31.5 Å². The highest BCUT2D eigenvalue weighted by Crippen LogP contribution is 2.26. The Morgan fingerprint density at radius 2 is 1.66 bits per heavy atom. The normalized spacial score (nSPS) is 20.8. The lowest BCUT2D eigenvalue weighted by Crippen LogP contribution is -2.41. The first kappa shape index (κ1) is 22.6. The van der Waals surface area contributed by atoms with Crippen molar-refractivity contribution in [2.45, 2.75) is 10.9 Å². The van der Waals surface area contributed by atoms with Gasteiger partial charge in [-0.25, -0.2) is 21.2 Å². The largest absolute Gasteiger partial charge is 0.379 e. The van der Waals surface area contributed by atoms with E-state index in [1.807, 2.05) is 0 Å². The average molecular weight is 481 g/mol. The maximum Gasteiger partial charge on any atom is 0.258 e. The van der Waals surface area contributed by atoms with Crippen molar-refractivity contribution in [1.82, 2.24) is 4.31 Å². The van der Waals surface area contributed by atoms with Crippen LogP contribution in [-0.2, 0) is 24.6 Å². The summed E-state index contributed by atoms with van der Waals surface area (Å²) >= 11 is 0. The number of halogens is 1. The molecule has 2 aliphatic heterocycles. The number of ether oxygens (including phenoxy) is 1. The Balaban J connectivity index is 1.64. The number of benzene rings is 2. The third-order valence-corrected chi connectivity index (χ3v) is 8.57. The van der Waals surface area contributed by atoms with Crippen LogP contribution in [0.5, 0.6) is 0 Å². The van der Waals surface area contributed by atoms with Gasteiger partial charge in [-0.05, 0) is 54.6 Å². The molecule has 8 nitrogen and oxygen atoms in total. The van der Waals surface area contributed by atoms with E-state index in [0.29, 0.717) is 18.9 Å². The Hall–Kier alpha value is -2.60. The molecule has 2 heterocycles. The molecule has 0 N–H and O–H groups in total. The molecule has 4 rings (SSSR count). The van der Waals surface area contributed by atoms with Crippen LogP contribution in [0.4, 0.5) is 10.1 Å². The van der Waals surface area contributed by atoms with Gasteiger partial charge in [0.1, 0.15) is 5.82 Å². The second-order valence-corrected chi connectivity index (χ2v) is 11.3. The predicted octanol–water partition coefficient (Wildman–Crippen LogP) is 1.80. The molecule has 1 saturated heterocycles. The zero-order chi connectivity index (χ0) is 22.9. The van der Waals surface area contributed by atoms with E-state index in [1.54, 1.807) is 0 Å². The van der Waals surface area contributed by atoms with Crippen molar-refractivity contribution in [2.75, 3.05) is 37.0 Å². The smallest absolute Gasteiger partial charge is 0.258 e. The molecular weight excluding hydrogens is 459 g/mol. The zero-order valence-corrected chi connectivity index (χ0v) is 18.6. The molecule has 0 saturated carbocycles. The van der Waals surface area contributed by atoms with Crippen LogP contribution in [0.1, 0.15) is 10.4 Å². The fourth-order valence-corrected chi connectivity index (χ4v) is 6.30. The number of sulfonamides is 1. The third kappa shape index (κ3) is 4.60. The molecule has 0 bridgehead atoms. The lowest BCUT2D eigenvalue weighted by molar-refractivity contribution is 0.0730. The van der Waals surface area contributed by atoms with Gasteiger partial charge < -0.3 is 9.64 Å². The molecular formula is C21H21FN2O6S2. The highest BCUT2D eigenvalue weighted by atomic mass is 32.2. The van der Waals surface area contributed by atoms with Crippen molar-refractivity contribution in [3.05, 3.63) is 71.4 Å². The summed E-state index contributed by atoms with van der Waals surface area (Å²) in [5.41, 5.74) is 0.501. The van der Waals surface area contributed by atoms with Gasteiger partial charge in [0.2, 0.25) is 10.0 Å².